The quantitative estimate of drug-likeness (QED) is 0.298. The minimum atomic E-state index is -1.50. The Balaban J connectivity index is -0.000000205. The highest BCUT2D eigenvalue weighted by Gasteiger charge is 1.86. The first-order chi connectivity index (χ1) is 7.88. The molecule has 0 fully saturated rings. The van der Waals surface area contributed by atoms with Crippen LogP contribution in [0.3, 0.4) is 0 Å². The van der Waals surface area contributed by atoms with Crippen molar-refractivity contribution in [2.45, 2.75) is 32.1 Å². The fourth-order valence-electron chi connectivity index (χ4n) is 0.754. The molecular weight excluding hydrogens is 240 g/mol. The van der Waals surface area contributed by atoms with Gasteiger partial charge in [-0.1, -0.05) is 19.3 Å². The van der Waals surface area contributed by atoms with Crippen molar-refractivity contribution in [3.8, 4) is 0 Å². The molecule has 0 aliphatic heterocycles. The monoisotopic (exact) mass is 258 g/mol. The lowest BCUT2D eigenvalue weighted by Crippen LogP contribution is -1.85. The van der Waals surface area contributed by atoms with Crippen molar-refractivity contribution < 1.29 is 30.8 Å². The molecule has 0 heterocycles. The maximum Gasteiger partial charge on any atom is 0.291 e. The molecule has 17 heavy (non-hydrogen) atoms. The van der Waals surface area contributed by atoms with E-state index in [-0.39, 0.29) is 0 Å². The van der Waals surface area contributed by atoms with Crippen molar-refractivity contribution in [2.24, 2.45) is 0 Å². The van der Waals surface area contributed by atoms with E-state index in [0.29, 0.717) is 13.2 Å². The van der Waals surface area contributed by atoms with E-state index in [0.717, 1.165) is 32.1 Å². The summed E-state index contributed by atoms with van der Waals surface area (Å²) < 4.78 is 0. The zero-order chi connectivity index (χ0) is 14.1. The van der Waals surface area contributed by atoms with E-state index in [9.17, 15) is 0 Å². The van der Waals surface area contributed by atoms with E-state index in [2.05, 4.69) is 0 Å². The predicted octanol–water partition coefficient (Wildman–Crippen LogP) is 0.226. The van der Waals surface area contributed by atoms with Crippen molar-refractivity contribution in [3.63, 3.8) is 0 Å². The highest BCUT2D eigenvalue weighted by atomic mass is 16.9. The molecule has 104 valence electrons. The second-order valence-electron chi connectivity index (χ2n) is 2.69. The molecule has 0 spiro atoms. The van der Waals surface area contributed by atoms with Gasteiger partial charge in [0, 0.05) is 13.2 Å². The summed E-state index contributed by atoms with van der Waals surface area (Å²) in [4.78, 5) is 16.7. The summed E-state index contributed by atoms with van der Waals surface area (Å²) in [5, 5.41) is 44.0. The lowest BCUT2D eigenvalue weighted by Gasteiger charge is -1.95. The van der Waals surface area contributed by atoms with Crippen molar-refractivity contribution in [1.29, 1.82) is 0 Å². The molecule has 0 saturated heterocycles. The SMILES string of the molecule is O=[N+]([O-])O.O=[N+]([O-])O.OCCCCCCCO. The third-order valence-corrected chi connectivity index (χ3v) is 1.32. The van der Waals surface area contributed by atoms with E-state index in [1.807, 2.05) is 0 Å². The number of aliphatic hydroxyl groups excluding tert-OH is 2. The third-order valence-electron chi connectivity index (χ3n) is 1.32. The second kappa shape index (κ2) is 19.8. The van der Waals surface area contributed by atoms with Gasteiger partial charge in [0.1, 0.15) is 0 Å². The molecule has 0 aromatic carbocycles. The molecule has 0 radical (unpaired) electrons. The van der Waals surface area contributed by atoms with Crippen LogP contribution in [-0.4, -0.2) is 44.0 Å². The summed E-state index contributed by atoms with van der Waals surface area (Å²) >= 11 is 0. The van der Waals surface area contributed by atoms with E-state index in [1.165, 1.54) is 0 Å². The van der Waals surface area contributed by atoms with Crippen LogP contribution >= 0.6 is 0 Å². The maximum absolute atomic E-state index is 8.37. The molecule has 0 amide bonds. The first kappa shape index (κ1) is 20.7. The molecule has 0 aromatic rings. The lowest BCUT2D eigenvalue weighted by molar-refractivity contribution is -0.742. The standard InChI is InChI=1S/C7H16O2.2HNO3/c8-6-4-2-1-3-5-7-9;2*2-1(3)4/h8-9H,1-7H2;2*(H,2,3,4). The molecule has 0 atom stereocenters. The molecule has 0 bridgehead atoms. The molecule has 0 aliphatic rings. The van der Waals surface area contributed by atoms with E-state index >= 15 is 0 Å². The molecule has 4 N–H and O–H groups in total. The van der Waals surface area contributed by atoms with Gasteiger partial charge >= 0.3 is 0 Å². The first-order valence-electron chi connectivity index (χ1n) is 4.76. The Morgan fingerprint density at radius 2 is 0.882 bits per heavy atom. The Morgan fingerprint density at radius 1 is 0.706 bits per heavy atom. The topological polar surface area (TPSA) is 167 Å². The first-order valence-corrected chi connectivity index (χ1v) is 4.76. The van der Waals surface area contributed by atoms with Crippen LogP contribution in [0.5, 0.6) is 0 Å². The molecule has 10 nitrogen and oxygen atoms in total. The average molecular weight is 258 g/mol. The Labute approximate surface area is 97.3 Å². The second-order valence-corrected chi connectivity index (χ2v) is 2.69. The van der Waals surface area contributed by atoms with Gasteiger partial charge in [-0.05, 0) is 12.8 Å². The van der Waals surface area contributed by atoms with E-state index in [4.69, 9.17) is 40.9 Å². The summed E-state index contributed by atoms with van der Waals surface area (Å²) in [6.07, 6.45) is 5.14. The van der Waals surface area contributed by atoms with Crippen LogP contribution < -0.4 is 0 Å². The van der Waals surface area contributed by atoms with Gasteiger partial charge in [-0.25, -0.2) is 0 Å². The fraction of sp³-hybridized carbons (Fsp3) is 1.00. The van der Waals surface area contributed by atoms with Gasteiger partial charge in [-0.3, -0.25) is 0 Å². The Hall–Kier alpha value is -1.68. The maximum atomic E-state index is 8.37. The molecule has 10 heteroatoms. The Kier molecular flexibility index (Phi) is 24.1. The normalized spacial score (nSPS) is 8.12. The van der Waals surface area contributed by atoms with Crippen LogP contribution in [0.2, 0.25) is 0 Å². The van der Waals surface area contributed by atoms with Crippen molar-refractivity contribution in [2.75, 3.05) is 13.2 Å². The summed E-state index contributed by atoms with van der Waals surface area (Å²) in [7, 11) is 0. The van der Waals surface area contributed by atoms with E-state index < -0.39 is 10.2 Å². The highest BCUT2D eigenvalue weighted by Crippen LogP contribution is 2.00. The van der Waals surface area contributed by atoms with Crippen molar-refractivity contribution in [3.05, 3.63) is 20.2 Å². The summed E-state index contributed by atoms with van der Waals surface area (Å²) in [6, 6.07) is 0. The minimum absolute atomic E-state index is 0.305. The van der Waals surface area contributed by atoms with Crippen LogP contribution in [0.4, 0.5) is 0 Å². The Bertz CT molecular complexity index is 151. The molecule has 0 rings (SSSR count). The number of rotatable bonds is 6. The highest BCUT2D eigenvalue weighted by molar-refractivity contribution is 4.41. The minimum Gasteiger partial charge on any atom is -0.396 e. The van der Waals surface area contributed by atoms with Crippen LogP contribution in [0.1, 0.15) is 32.1 Å². The lowest BCUT2D eigenvalue weighted by atomic mass is 10.2. The zero-order valence-corrected chi connectivity index (χ0v) is 9.27. The Morgan fingerprint density at radius 3 is 1.06 bits per heavy atom. The van der Waals surface area contributed by atoms with Crippen molar-refractivity contribution in [1.82, 2.24) is 0 Å². The van der Waals surface area contributed by atoms with Gasteiger partial charge in [0.05, 0.1) is 0 Å². The smallest absolute Gasteiger partial charge is 0.291 e. The number of unbranched alkanes of at least 4 members (excludes halogenated alkanes) is 4. The van der Waals surface area contributed by atoms with Crippen LogP contribution in [0, 0.1) is 20.2 Å². The van der Waals surface area contributed by atoms with Crippen LogP contribution in [-0.2, 0) is 0 Å². The summed E-state index contributed by atoms with van der Waals surface area (Å²) in [5.41, 5.74) is 0. The third kappa shape index (κ3) is 116. The molecule has 0 aromatic heterocycles. The van der Waals surface area contributed by atoms with Gasteiger partial charge in [0.15, 0.2) is 0 Å². The van der Waals surface area contributed by atoms with Gasteiger partial charge in [0.2, 0.25) is 0 Å². The van der Waals surface area contributed by atoms with Gasteiger partial charge in [0.25, 0.3) is 10.2 Å². The summed E-state index contributed by atoms with van der Waals surface area (Å²) in [5.74, 6) is 0. The van der Waals surface area contributed by atoms with Gasteiger partial charge < -0.3 is 20.6 Å². The molecule has 0 aliphatic carbocycles. The van der Waals surface area contributed by atoms with Crippen molar-refractivity contribution >= 4 is 0 Å². The number of hydrogen-bond acceptors (Lipinski definition) is 6. The molecule has 0 saturated carbocycles. The molecular formula is C7H18N2O8. The fourth-order valence-corrected chi connectivity index (χ4v) is 0.754. The number of nitrogens with zero attached hydrogens (tertiary/aromatic N) is 2. The zero-order valence-electron chi connectivity index (χ0n) is 9.27. The van der Waals surface area contributed by atoms with E-state index in [1.54, 1.807) is 0 Å². The number of aliphatic hydroxyl groups is 2. The van der Waals surface area contributed by atoms with Gasteiger partial charge in [-0.2, -0.15) is 0 Å². The summed E-state index contributed by atoms with van der Waals surface area (Å²) in [6.45, 7) is 0.609. The molecule has 0 unspecified atom stereocenters. The number of hydrogen-bond donors (Lipinski definition) is 4. The van der Waals surface area contributed by atoms with Crippen LogP contribution in [0.15, 0.2) is 0 Å². The average Bonchev–Trinajstić information content (AvgIpc) is 2.16. The van der Waals surface area contributed by atoms with Gasteiger partial charge in [-0.15, -0.1) is 20.2 Å². The van der Waals surface area contributed by atoms with Crippen LogP contribution in [0.25, 0.3) is 0 Å². The predicted molar refractivity (Wildman–Crippen MR) is 54.8 cm³/mol. The largest absolute Gasteiger partial charge is 0.396 e.